The lowest BCUT2D eigenvalue weighted by molar-refractivity contribution is -0.136. The Labute approximate surface area is 100 Å². The molecule has 4 heteroatoms. The molecule has 0 bridgehead atoms. The van der Waals surface area contributed by atoms with Gasteiger partial charge in [-0.1, -0.05) is 18.2 Å². The second kappa shape index (κ2) is 6.70. The fourth-order valence-electron chi connectivity index (χ4n) is 1.50. The third-order valence-electron chi connectivity index (χ3n) is 2.25. The van der Waals surface area contributed by atoms with Gasteiger partial charge in [0.1, 0.15) is 5.75 Å². The summed E-state index contributed by atoms with van der Waals surface area (Å²) in [5.41, 5.74) is 1.54. The van der Waals surface area contributed by atoms with Gasteiger partial charge in [0.2, 0.25) is 0 Å². The summed E-state index contributed by atoms with van der Waals surface area (Å²) >= 11 is 0. The van der Waals surface area contributed by atoms with E-state index in [4.69, 9.17) is 14.9 Å². The number of hydrogen-bond donors (Lipinski definition) is 2. The summed E-state index contributed by atoms with van der Waals surface area (Å²) < 4.78 is 5.10. The van der Waals surface area contributed by atoms with Crippen LogP contribution in [0.1, 0.15) is 17.5 Å². The minimum atomic E-state index is -0.889. The second-order valence-corrected chi connectivity index (χ2v) is 3.56. The number of methoxy groups -OCH3 is 1. The number of aliphatic hydroxyl groups excluding tert-OH is 1. The van der Waals surface area contributed by atoms with E-state index in [-0.39, 0.29) is 13.0 Å². The molecule has 1 aromatic rings. The molecule has 0 atom stereocenters. The predicted molar refractivity (Wildman–Crippen MR) is 65.1 cm³/mol. The van der Waals surface area contributed by atoms with Crippen molar-refractivity contribution in [2.24, 2.45) is 0 Å². The van der Waals surface area contributed by atoms with E-state index < -0.39 is 5.97 Å². The van der Waals surface area contributed by atoms with Crippen LogP contribution in [0.25, 0.3) is 6.08 Å². The molecule has 92 valence electrons. The van der Waals surface area contributed by atoms with Crippen molar-refractivity contribution in [1.82, 2.24) is 0 Å². The first-order valence-corrected chi connectivity index (χ1v) is 5.33. The van der Waals surface area contributed by atoms with Crippen molar-refractivity contribution < 1.29 is 19.7 Å². The van der Waals surface area contributed by atoms with E-state index in [1.807, 2.05) is 18.2 Å². The molecule has 0 radical (unpaired) electrons. The monoisotopic (exact) mass is 236 g/mol. The Morgan fingerprint density at radius 2 is 2.24 bits per heavy atom. The van der Waals surface area contributed by atoms with Crippen LogP contribution in [-0.4, -0.2) is 29.9 Å². The summed E-state index contributed by atoms with van der Waals surface area (Å²) in [6, 6.07) is 5.37. The molecule has 0 aliphatic carbocycles. The van der Waals surface area contributed by atoms with E-state index >= 15 is 0 Å². The van der Waals surface area contributed by atoms with Gasteiger partial charge in [-0.15, -0.1) is 0 Å². The smallest absolute Gasteiger partial charge is 0.307 e. The molecule has 0 saturated heterocycles. The second-order valence-electron chi connectivity index (χ2n) is 3.56. The number of aliphatic hydroxyl groups is 1. The normalized spacial score (nSPS) is 10.7. The minimum absolute atomic E-state index is 0.0646. The maximum Gasteiger partial charge on any atom is 0.307 e. The molecular formula is C13H16O4. The zero-order valence-corrected chi connectivity index (χ0v) is 9.72. The average molecular weight is 236 g/mol. The highest BCUT2D eigenvalue weighted by Crippen LogP contribution is 2.21. The Morgan fingerprint density at radius 1 is 1.47 bits per heavy atom. The largest absolute Gasteiger partial charge is 0.496 e. The molecule has 4 nitrogen and oxygen atoms in total. The third-order valence-corrected chi connectivity index (χ3v) is 2.25. The van der Waals surface area contributed by atoms with Gasteiger partial charge in [-0.25, -0.2) is 0 Å². The van der Waals surface area contributed by atoms with Gasteiger partial charge in [0.05, 0.1) is 13.5 Å². The Morgan fingerprint density at radius 3 is 2.82 bits per heavy atom. The summed E-state index contributed by atoms with van der Waals surface area (Å²) in [4.78, 5) is 10.7. The molecular weight excluding hydrogens is 220 g/mol. The Balaban J connectivity index is 2.91. The molecule has 0 heterocycles. The average Bonchev–Trinajstić information content (AvgIpc) is 2.29. The summed E-state index contributed by atoms with van der Waals surface area (Å²) in [6.07, 6.45) is 4.21. The van der Waals surface area contributed by atoms with E-state index in [1.165, 1.54) is 7.11 Å². The van der Waals surface area contributed by atoms with Crippen LogP contribution in [0.2, 0.25) is 0 Å². The zero-order chi connectivity index (χ0) is 12.7. The molecule has 1 rings (SSSR count). The van der Waals surface area contributed by atoms with Gasteiger partial charge < -0.3 is 14.9 Å². The maximum absolute atomic E-state index is 10.7. The van der Waals surface area contributed by atoms with Crippen molar-refractivity contribution in [3.05, 3.63) is 35.4 Å². The fraction of sp³-hybridized carbons (Fsp3) is 0.308. The quantitative estimate of drug-likeness (QED) is 0.789. The first-order valence-electron chi connectivity index (χ1n) is 5.33. The van der Waals surface area contributed by atoms with Gasteiger partial charge >= 0.3 is 5.97 Å². The number of carboxylic acids is 1. The zero-order valence-electron chi connectivity index (χ0n) is 9.72. The Kier molecular flexibility index (Phi) is 5.23. The van der Waals surface area contributed by atoms with Crippen molar-refractivity contribution in [2.45, 2.75) is 12.8 Å². The number of hydrogen-bond acceptors (Lipinski definition) is 3. The summed E-state index contributed by atoms with van der Waals surface area (Å²) in [7, 11) is 1.52. The molecule has 2 N–H and O–H groups in total. The van der Waals surface area contributed by atoms with Crippen LogP contribution in [-0.2, 0) is 11.2 Å². The third kappa shape index (κ3) is 4.28. The molecule has 0 aromatic heterocycles. The number of carboxylic acid groups (broad SMARTS) is 1. The highest BCUT2D eigenvalue weighted by Gasteiger charge is 2.07. The Hall–Kier alpha value is -1.81. The lowest BCUT2D eigenvalue weighted by Crippen LogP contribution is -2.02. The van der Waals surface area contributed by atoms with E-state index in [0.717, 1.165) is 5.56 Å². The molecule has 0 amide bonds. The molecule has 1 aromatic carbocycles. The topological polar surface area (TPSA) is 66.8 Å². The van der Waals surface area contributed by atoms with Crippen molar-refractivity contribution in [3.8, 4) is 5.75 Å². The van der Waals surface area contributed by atoms with Crippen molar-refractivity contribution >= 4 is 12.0 Å². The number of carbonyl (C=O) groups is 1. The van der Waals surface area contributed by atoms with Gasteiger partial charge in [-0.05, 0) is 24.1 Å². The van der Waals surface area contributed by atoms with E-state index in [1.54, 1.807) is 12.1 Å². The van der Waals surface area contributed by atoms with E-state index in [9.17, 15) is 4.79 Å². The summed E-state index contributed by atoms with van der Waals surface area (Å²) in [5, 5.41) is 17.4. The maximum atomic E-state index is 10.7. The standard InChI is InChI=1S/C13H16O4/c1-17-12-6-5-10(4-2-3-7-14)8-11(12)9-13(15)16/h2,4-6,8,14H,3,7,9H2,1H3,(H,15,16). The number of aliphatic carboxylic acids is 1. The van der Waals surface area contributed by atoms with Crippen LogP contribution in [0.15, 0.2) is 24.3 Å². The van der Waals surface area contributed by atoms with Crippen LogP contribution in [0.5, 0.6) is 5.75 Å². The molecule has 0 saturated carbocycles. The van der Waals surface area contributed by atoms with Crippen LogP contribution in [0.3, 0.4) is 0 Å². The lowest BCUT2D eigenvalue weighted by atomic mass is 10.1. The van der Waals surface area contributed by atoms with Crippen LogP contribution in [0, 0.1) is 0 Å². The molecule has 0 aliphatic heterocycles. The molecule has 0 aliphatic rings. The SMILES string of the molecule is COc1ccc(C=CCCO)cc1CC(=O)O. The van der Waals surface area contributed by atoms with Crippen LogP contribution >= 0.6 is 0 Å². The summed E-state index contributed by atoms with van der Waals surface area (Å²) in [6.45, 7) is 0.106. The highest BCUT2D eigenvalue weighted by molar-refractivity contribution is 5.72. The van der Waals surface area contributed by atoms with Gasteiger partial charge in [-0.2, -0.15) is 0 Å². The molecule has 0 fully saturated rings. The van der Waals surface area contributed by atoms with Gasteiger partial charge in [0.15, 0.2) is 0 Å². The van der Waals surface area contributed by atoms with Gasteiger partial charge in [0, 0.05) is 12.2 Å². The van der Waals surface area contributed by atoms with E-state index in [2.05, 4.69) is 0 Å². The first-order chi connectivity index (χ1) is 8.17. The summed E-state index contributed by atoms with van der Waals surface area (Å²) in [5.74, 6) is -0.313. The predicted octanol–water partition coefficient (Wildman–Crippen LogP) is 1.72. The Bertz CT molecular complexity index is 410. The van der Waals surface area contributed by atoms with Crippen molar-refractivity contribution in [3.63, 3.8) is 0 Å². The number of ether oxygens (including phenoxy) is 1. The first kappa shape index (κ1) is 13.3. The minimum Gasteiger partial charge on any atom is -0.496 e. The van der Waals surface area contributed by atoms with E-state index in [0.29, 0.717) is 17.7 Å². The molecule has 0 spiro atoms. The fourth-order valence-corrected chi connectivity index (χ4v) is 1.50. The number of benzene rings is 1. The number of rotatable bonds is 6. The lowest BCUT2D eigenvalue weighted by Gasteiger charge is -2.07. The van der Waals surface area contributed by atoms with Crippen LogP contribution < -0.4 is 4.74 Å². The highest BCUT2D eigenvalue weighted by atomic mass is 16.5. The molecule has 0 unspecified atom stereocenters. The van der Waals surface area contributed by atoms with Gasteiger partial charge in [0.25, 0.3) is 0 Å². The van der Waals surface area contributed by atoms with Crippen LogP contribution in [0.4, 0.5) is 0 Å². The van der Waals surface area contributed by atoms with Gasteiger partial charge in [-0.3, -0.25) is 4.79 Å². The molecule has 17 heavy (non-hydrogen) atoms. The van der Waals surface area contributed by atoms with Crippen molar-refractivity contribution in [2.75, 3.05) is 13.7 Å². The van der Waals surface area contributed by atoms with Crippen molar-refractivity contribution in [1.29, 1.82) is 0 Å².